The number of thiazole rings is 1. The molecule has 0 radical (unpaired) electrons. The van der Waals surface area contributed by atoms with Crippen LogP contribution in [0.25, 0.3) is 6.08 Å². The average molecular weight is 613 g/mol. The summed E-state index contributed by atoms with van der Waals surface area (Å²) in [5, 5.41) is 0. The number of allylic oxidation sites excluding steroid dienone is 1. The number of aromatic nitrogens is 1. The topological polar surface area (TPSA) is 88.4 Å². The first kappa shape index (κ1) is 30.8. The molecule has 8 nitrogen and oxygen atoms in total. The largest absolute Gasteiger partial charge is 0.493 e. The number of benzene rings is 3. The van der Waals surface area contributed by atoms with Crippen molar-refractivity contribution >= 4 is 23.4 Å². The second kappa shape index (κ2) is 13.3. The highest BCUT2D eigenvalue weighted by Gasteiger charge is 2.35. The molecule has 1 aliphatic rings. The highest BCUT2D eigenvalue weighted by atomic mass is 32.1. The number of esters is 1. The number of carbonyl (C=O) groups excluding carboxylic acids is 1. The smallest absolute Gasteiger partial charge is 0.338 e. The Bertz CT molecular complexity index is 1890. The van der Waals surface area contributed by atoms with Gasteiger partial charge in [-0.25, -0.2) is 9.79 Å². The molecule has 1 aliphatic heterocycles. The fraction of sp³-hybridized carbons (Fsp3) is 0.286. The number of ether oxygens (including phenoxy) is 4. The van der Waals surface area contributed by atoms with Crippen molar-refractivity contribution in [3.05, 3.63) is 120 Å². The van der Waals surface area contributed by atoms with E-state index >= 15 is 0 Å². The maximum Gasteiger partial charge on any atom is 0.338 e. The lowest BCUT2D eigenvalue weighted by Gasteiger charge is -2.26. The first-order chi connectivity index (χ1) is 21.2. The Kier molecular flexibility index (Phi) is 9.35. The number of aryl methyl sites for hydroxylation is 1. The number of para-hydroxylation sites is 1. The molecule has 228 valence electrons. The Hall–Kier alpha value is -4.63. The standard InChI is InChI=1S/C35H36N2O6S/c1-7-41-34(39)31-23(5)36-35-37(32(31)26-10-8-9-11-27(26)43-21(2)3)33(38)30(44-35)19-25-16-17-28(29(18-25)40-6)42-20-24-14-12-22(4)13-15-24/h8-19,21,32H,7,20H2,1-6H3/b30-19+/t32-/m1/s1. The third kappa shape index (κ3) is 6.48. The molecule has 0 aliphatic carbocycles. The quantitative estimate of drug-likeness (QED) is 0.221. The lowest BCUT2D eigenvalue weighted by Crippen LogP contribution is -2.40. The van der Waals surface area contributed by atoms with Crippen LogP contribution in [0.2, 0.25) is 0 Å². The third-order valence-corrected chi connectivity index (χ3v) is 8.08. The number of nitrogens with zero attached hydrogens (tertiary/aromatic N) is 2. The Labute approximate surface area is 260 Å². The van der Waals surface area contributed by atoms with Crippen molar-refractivity contribution in [3.63, 3.8) is 0 Å². The van der Waals surface area contributed by atoms with Gasteiger partial charge in [0, 0.05) is 5.56 Å². The number of methoxy groups -OCH3 is 1. The molecule has 3 aromatic carbocycles. The van der Waals surface area contributed by atoms with E-state index < -0.39 is 12.0 Å². The first-order valence-corrected chi connectivity index (χ1v) is 15.3. The lowest BCUT2D eigenvalue weighted by molar-refractivity contribution is -0.139. The normalized spacial score (nSPS) is 14.7. The van der Waals surface area contributed by atoms with Gasteiger partial charge >= 0.3 is 5.97 Å². The summed E-state index contributed by atoms with van der Waals surface area (Å²) in [7, 11) is 1.59. The summed E-state index contributed by atoms with van der Waals surface area (Å²) in [6, 6.07) is 20.4. The highest BCUT2D eigenvalue weighted by Crippen LogP contribution is 2.36. The van der Waals surface area contributed by atoms with Gasteiger partial charge in [-0.05, 0) is 70.0 Å². The SMILES string of the molecule is CCOC(=O)C1=C(C)N=c2s/c(=C/c3ccc(OCc4ccc(C)cc4)c(OC)c3)c(=O)n2[C@@H]1c1ccccc1OC(C)C. The zero-order valence-corrected chi connectivity index (χ0v) is 26.6. The zero-order chi connectivity index (χ0) is 31.4. The van der Waals surface area contributed by atoms with Crippen molar-refractivity contribution in [1.29, 1.82) is 0 Å². The summed E-state index contributed by atoms with van der Waals surface area (Å²) in [6.07, 6.45) is 1.69. The number of hydrogen-bond donors (Lipinski definition) is 0. The Morgan fingerprint density at radius 2 is 1.77 bits per heavy atom. The van der Waals surface area contributed by atoms with Crippen LogP contribution in [0.3, 0.4) is 0 Å². The predicted octanol–water partition coefficient (Wildman–Crippen LogP) is 5.48. The van der Waals surface area contributed by atoms with Gasteiger partial charge in [-0.15, -0.1) is 0 Å². The fourth-order valence-electron chi connectivity index (χ4n) is 5.04. The van der Waals surface area contributed by atoms with Gasteiger partial charge in [0.25, 0.3) is 5.56 Å². The van der Waals surface area contributed by atoms with E-state index in [1.54, 1.807) is 31.6 Å². The molecule has 0 N–H and O–H groups in total. The minimum Gasteiger partial charge on any atom is -0.493 e. The molecule has 9 heteroatoms. The second-order valence-electron chi connectivity index (χ2n) is 10.7. The van der Waals surface area contributed by atoms with Gasteiger partial charge in [0.1, 0.15) is 18.4 Å². The molecule has 0 fully saturated rings. The van der Waals surface area contributed by atoms with Crippen molar-refractivity contribution in [3.8, 4) is 17.2 Å². The molecule has 5 rings (SSSR count). The molecule has 44 heavy (non-hydrogen) atoms. The van der Waals surface area contributed by atoms with Gasteiger partial charge in [-0.2, -0.15) is 0 Å². The molecule has 0 spiro atoms. The fourth-order valence-corrected chi connectivity index (χ4v) is 6.09. The van der Waals surface area contributed by atoms with E-state index in [0.717, 1.165) is 11.1 Å². The molecule has 4 aromatic rings. The molecule has 0 saturated carbocycles. The van der Waals surface area contributed by atoms with Crippen molar-refractivity contribution in [1.82, 2.24) is 4.57 Å². The van der Waals surface area contributed by atoms with Crippen LogP contribution < -0.4 is 29.1 Å². The lowest BCUT2D eigenvalue weighted by atomic mass is 9.95. The van der Waals surface area contributed by atoms with Crippen LogP contribution in [-0.4, -0.2) is 30.4 Å². The van der Waals surface area contributed by atoms with Gasteiger partial charge < -0.3 is 18.9 Å². The summed E-state index contributed by atoms with van der Waals surface area (Å²) in [6.45, 7) is 10.0. The minimum absolute atomic E-state index is 0.109. The number of rotatable bonds is 10. The van der Waals surface area contributed by atoms with Crippen LogP contribution in [0.15, 0.2) is 87.8 Å². The van der Waals surface area contributed by atoms with E-state index in [1.807, 2.05) is 87.5 Å². The summed E-state index contributed by atoms with van der Waals surface area (Å²) in [5.41, 5.74) is 4.22. The van der Waals surface area contributed by atoms with Crippen molar-refractivity contribution in [2.75, 3.05) is 13.7 Å². The molecule has 2 heterocycles. The highest BCUT2D eigenvalue weighted by molar-refractivity contribution is 7.07. The Morgan fingerprint density at radius 1 is 1.02 bits per heavy atom. The van der Waals surface area contributed by atoms with E-state index in [9.17, 15) is 9.59 Å². The summed E-state index contributed by atoms with van der Waals surface area (Å²) in [5.74, 6) is 1.22. The number of hydrogen-bond acceptors (Lipinski definition) is 8. The molecule has 0 amide bonds. The van der Waals surface area contributed by atoms with E-state index in [0.29, 0.717) is 50.0 Å². The van der Waals surface area contributed by atoms with Gasteiger partial charge in [0.05, 0.1) is 35.6 Å². The van der Waals surface area contributed by atoms with Crippen molar-refractivity contribution < 1.29 is 23.7 Å². The molecule has 1 atom stereocenters. The third-order valence-electron chi connectivity index (χ3n) is 7.09. The monoisotopic (exact) mass is 612 g/mol. The van der Waals surface area contributed by atoms with Gasteiger partial charge in [0.2, 0.25) is 0 Å². The summed E-state index contributed by atoms with van der Waals surface area (Å²) >= 11 is 1.26. The van der Waals surface area contributed by atoms with E-state index in [1.165, 1.54) is 16.9 Å². The summed E-state index contributed by atoms with van der Waals surface area (Å²) < 4.78 is 25.2. The van der Waals surface area contributed by atoms with Crippen LogP contribution in [0, 0.1) is 6.92 Å². The van der Waals surface area contributed by atoms with Crippen LogP contribution in [0.1, 0.15) is 56.0 Å². The van der Waals surface area contributed by atoms with Gasteiger partial charge in [0.15, 0.2) is 16.3 Å². The van der Waals surface area contributed by atoms with Crippen LogP contribution in [0.4, 0.5) is 0 Å². The minimum atomic E-state index is -0.769. The van der Waals surface area contributed by atoms with Crippen molar-refractivity contribution in [2.24, 2.45) is 4.99 Å². The van der Waals surface area contributed by atoms with Gasteiger partial charge in [-0.1, -0.05) is 65.4 Å². The Balaban J connectivity index is 1.57. The van der Waals surface area contributed by atoms with Crippen molar-refractivity contribution in [2.45, 2.75) is 53.4 Å². The maximum atomic E-state index is 14.1. The number of fused-ring (bicyclic) bond motifs is 1. The van der Waals surface area contributed by atoms with E-state index in [4.69, 9.17) is 18.9 Å². The first-order valence-electron chi connectivity index (χ1n) is 14.5. The van der Waals surface area contributed by atoms with Crippen LogP contribution in [-0.2, 0) is 16.1 Å². The molecule has 1 aromatic heterocycles. The average Bonchev–Trinajstić information content (AvgIpc) is 3.30. The molecule has 0 unspecified atom stereocenters. The predicted molar refractivity (Wildman–Crippen MR) is 171 cm³/mol. The Morgan fingerprint density at radius 3 is 2.48 bits per heavy atom. The zero-order valence-electron chi connectivity index (χ0n) is 25.7. The van der Waals surface area contributed by atoms with E-state index in [-0.39, 0.29) is 18.3 Å². The number of carbonyl (C=O) groups is 1. The van der Waals surface area contributed by atoms with Crippen LogP contribution in [0.5, 0.6) is 17.2 Å². The molecular weight excluding hydrogens is 576 g/mol. The molecule has 0 saturated heterocycles. The van der Waals surface area contributed by atoms with Gasteiger partial charge in [-0.3, -0.25) is 9.36 Å². The maximum absolute atomic E-state index is 14.1. The second-order valence-corrected chi connectivity index (χ2v) is 11.7. The molecule has 0 bridgehead atoms. The van der Waals surface area contributed by atoms with Crippen LogP contribution >= 0.6 is 11.3 Å². The van der Waals surface area contributed by atoms with E-state index in [2.05, 4.69) is 4.99 Å². The molecular formula is C35H36N2O6S. The summed E-state index contributed by atoms with van der Waals surface area (Å²) in [4.78, 5) is 32.5.